The van der Waals surface area contributed by atoms with E-state index in [-0.39, 0.29) is 0 Å². The van der Waals surface area contributed by atoms with E-state index in [1.54, 1.807) is 22.7 Å². The molecule has 0 unspecified atom stereocenters. The summed E-state index contributed by atoms with van der Waals surface area (Å²) < 4.78 is 2.46. The molecule has 2 aromatic heterocycles. The molecular formula is C12H14Br2S2. The second-order valence-electron chi connectivity index (χ2n) is 3.64. The third kappa shape index (κ3) is 3.69. The van der Waals surface area contributed by atoms with Crippen molar-refractivity contribution < 1.29 is 0 Å². The quantitative estimate of drug-likeness (QED) is 0.505. The minimum atomic E-state index is 1.23. The summed E-state index contributed by atoms with van der Waals surface area (Å²) in [5.41, 5.74) is 5.49. The largest absolute Gasteiger partial charge is 0.152 e. The normalized spacial score (nSPS) is 9.88. The van der Waals surface area contributed by atoms with Gasteiger partial charge in [0.2, 0.25) is 0 Å². The topological polar surface area (TPSA) is 0 Å². The fourth-order valence-electron chi connectivity index (χ4n) is 0.951. The average Bonchev–Trinajstić information content (AvgIpc) is 2.70. The third-order valence-corrected chi connectivity index (χ3v) is 6.55. The molecule has 0 aliphatic rings. The number of hydrogen-bond donors (Lipinski definition) is 0. The molecule has 0 spiro atoms. The van der Waals surface area contributed by atoms with Gasteiger partial charge in [-0.15, -0.1) is 11.3 Å². The lowest BCUT2D eigenvalue weighted by molar-refractivity contribution is 1.38. The van der Waals surface area contributed by atoms with Gasteiger partial charge in [-0.25, -0.2) is 0 Å². The smallest absolute Gasteiger partial charge is 0.0742 e. The molecule has 0 bridgehead atoms. The van der Waals surface area contributed by atoms with Gasteiger partial charge < -0.3 is 0 Å². The molecule has 0 fully saturated rings. The summed E-state index contributed by atoms with van der Waals surface area (Å²) >= 11 is 10.4. The Morgan fingerprint density at radius 3 is 1.31 bits per heavy atom. The highest BCUT2D eigenvalue weighted by molar-refractivity contribution is 9.12. The zero-order valence-electron chi connectivity index (χ0n) is 9.73. The number of rotatable bonds is 0. The Balaban J connectivity index is 0.000000165. The predicted octanol–water partition coefficient (Wildman–Crippen LogP) is 6.25. The monoisotopic (exact) mass is 380 g/mol. The second-order valence-corrected chi connectivity index (χ2v) is 8.04. The molecule has 2 heterocycles. The van der Waals surface area contributed by atoms with E-state index in [1.807, 2.05) is 0 Å². The molecule has 0 nitrogen and oxygen atoms in total. The standard InChI is InChI=1S/C6H6Br2S.C6H8S/c1-3-4(2)6(8)9-5(3)7;1-5-3-7-4-6(5)2/h1-2H3;3-4H,1-2H3. The third-order valence-electron chi connectivity index (χ3n) is 2.44. The Hall–Kier alpha value is 0.360. The highest BCUT2D eigenvalue weighted by Crippen LogP contribution is 2.35. The van der Waals surface area contributed by atoms with Crippen LogP contribution in [0.5, 0.6) is 0 Å². The first-order valence-corrected chi connectivity index (χ1v) is 8.18. The van der Waals surface area contributed by atoms with Gasteiger partial charge in [0.05, 0.1) is 7.57 Å². The minimum absolute atomic E-state index is 1.23. The Kier molecular flexibility index (Phi) is 5.71. The van der Waals surface area contributed by atoms with Crippen molar-refractivity contribution in [2.45, 2.75) is 27.7 Å². The molecule has 2 rings (SSSR count). The minimum Gasteiger partial charge on any atom is -0.152 e. The number of aryl methyl sites for hydroxylation is 2. The predicted molar refractivity (Wildman–Crippen MR) is 83.0 cm³/mol. The first kappa shape index (κ1) is 14.4. The van der Waals surface area contributed by atoms with Crippen molar-refractivity contribution in [2.24, 2.45) is 0 Å². The second kappa shape index (κ2) is 6.34. The van der Waals surface area contributed by atoms with Crippen LogP contribution in [0.4, 0.5) is 0 Å². The summed E-state index contributed by atoms with van der Waals surface area (Å²) in [6.07, 6.45) is 0. The first-order valence-electron chi connectivity index (χ1n) is 4.83. The van der Waals surface area contributed by atoms with Crippen LogP contribution in [-0.4, -0.2) is 0 Å². The van der Waals surface area contributed by atoms with Crippen LogP contribution in [0.1, 0.15) is 22.3 Å². The molecule has 16 heavy (non-hydrogen) atoms. The zero-order valence-corrected chi connectivity index (χ0v) is 14.5. The molecule has 0 radical (unpaired) electrons. The Morgan fingerprint density at radius 1 is 0.812 bits per heavy atom. The summed E-state index contributed by atoms with van der Waals surface area (Å²) in [5.74, 6) is 0. The van der Waals surface area contributed by atoms with Gasteiger partial charge >= 0.3 is 0 Å². The van der Waals surface area contributed by atoms with Crippen LogP contribution in [0.25, 0.3) is 0 Å². The summed E-state index contributed by atoms with van der Waals surface area (Å²) in [6, 6.07) is 0. The van der Waals surface area contributed by atoms with Crippen molar-refractivity contribution in [3.05, 3.63) is 40.6 Å². The lowest BCUT2D eigenvalue weighted by Gasteiger charge is -1.86. The molecule has 0 atom stereocenters. The Morgan fingerprint density at radius 2 is 1.19 bits per heavy atom. The summed E-state index contributed by atoms with van der Waals surface area (Å²) in [4.78, 5) is 0. The first-order chi connectivity index (χ1) is 7.43. The summed E-state index contributed by atoms with van der Waals surface area (Å²) in [5, 5.41) is 4.32. The van der Waals surface area contributed by atoms with Gasteiger partial charge in [-0.3, -0.25) is 0 Å². The highest BCUT2D eigenvalue weighted by atomic mass is 79.9. The molecule has 88 valence electrons. The molecular weight excluding hydrogens is 368 g/mol. The van der Waals surface area contributed by atoms with Crippen LogP contribution in [0.3, 0.4) is 0 Å². The summed E-state index contributed by atoms with van der Waals surface area (Å²) in [7, 11) is 0. The van der Waals surface area contributed by atoms with E-state index < -0.39 is 0 Å². The van der Waals surface area contributed by atoms with Crippen LogP contribution in [0.2, 0.25) is 0 Å². The van der Waals surface area contributed by atoms with E-state index in [4.69, 9.17) is 0 Å². The van der Waals surface area contributed by atoms with Gasteiger partial charge in [-0.1, -0.05) is 0 Å². The molecule has 0 saturated heterocycles. The molecule has 4 heteroatoms. The van der Waals surface area contributed by atoms with Crippen molar-refractivity contribution >= 4 is 54.5 Å². The van der Waals surface area contributed by atoms with Crippen molar-refractivity contribution in [3.63, 3.8) is 0 Å². The van der Waals surface area contributed by atoms with E-state index in [2.05, 4.69) is 70.3 Å². The van der Waals surface area contributed by atoms with E-state index >= 15 is 0 Å². The number of halogens is 2. The van der Waals surface area contributed by atoms with Crippen LogP contribution in [0, 0.1) is 27.7 Å². The highest BCUT2D eigenvalue weighted by Gasteiger charge is 2.05. The molecule has 0 saturated carbocycles. The molecule has 0 amide bonds. The van der Waals surface area contributed by atoms with Crippen LogP contribution < -0.4 is 0 Å². The fourth-order valence-corrected chi connectivity index (χ4v) is 4.79. The van der Waals surface area contributed by atoms with Crippen molar-refractivity contribution in [3.8, 4) is 0 Å². The van der Waals surface area contributed by atoms with Crippen molar-refractivity contribution in [1.82, 2.24) is 0 Å². The maximum atomic E-state index is 3.46. The van der Waals surface area contributed by atoms with Gasteiger partial charge in [0.25, 0.3) is 0 Å². The molecule has 0 aliphatic carbocycles. The SMILES string of the molecule is Cc1c(Br)sc(Br)c1C.Cc1cscc1C. The average molecular weight is 382 g/mol. The van der Waals surface area contributed by atoms with E-state index in [0.29, 0.717) is 0 Å². The molecule has 2 aromatic rings. The zero-order chi connectivity index (χ0) is 12.3. The van der Waals surface area contributed by atoms with Gasteiger partial charge in [-0.2, -0.15) is 11.3 Å². The van der Waals surface area contributed by atoms with Crippen molar-refractivity contribution in [2.75, 3.05) is 0 Å². The van der Waals surface area contributed by atoms with Crippen LogP contribution >= 0.6 is 54.5 Å². The van der Waals surface area contributed by atoms with E-state index in [0.717, 1.165) is 0 Å². The van der Waals surface area contributed by atoms with E-state index in [1.165, 1.54) is 29.8 Å². The lowest BCUT2D eigenvalue weighted by Crippen LogP contribution is -1.69. The molecule has 0 N–H and O–H groups in total. The maximum absolute atomic E-state index is 3.46. The maximum Gasteiger partial charge on any atom is 0.0742 e. The molecule has 0 aromatic carbocycles. The van der Waals surface area contributed by atoms with Gasteiger partial charge in [0.1, 0.15) is 0 Å². The van der Waals surface area contributed by atoms with Gasteiger partial charge in [0, 0.05) is 0 Å². The Labute approximate surface area is 122 Å². The Bertz CT molecular complexity index is 430. The van der Waals surface area contributed by atoms with Crippen molar-refractivity contribution in [1.29, 1.82) is 0 Å². The molecule has 0 aliphatic heterocycles. The van der Waals surface area contributed by atoms with E-state index in [9.17, 15) is 0 Å². The van der Waals surface area contributed by atoms with Crippen LogP contribution in [-0.2, 0) is 0 Å². The number of thiophene rings is 2. The van der Waals surface area contributed by atoms with Gasteiger partial charge in [-0.05, 0) is 92.6 Å². The van der Waals surface area contributed by atoms with Gasteiger partial charge in [0.15, 0.2) is 0 Å². The number of hydrogen-bond acceptors (Lipinski definition) is 2. The summed E-state index contributed by atoms with van der Waals surface area (Å²) in [6.45, 7) is 8.49. The lowest BCUT2D eigenvalue weighted by atomic mass is 10.2. The van der Waals surface area contributed by atoms with Crippen LogP contribution in [0.15, 0.2) is 18.3 Å². The fraction of sp³-hybridized carbons (Fsp3) is 0.333.